The lowest BCUT2D eigenvalue weighted by Crippen LogP contribution is -2.31. The molecule has 3 heterocycles. The highest BCUT2D eigenvalue weighted by atomic mass is 35.5. The van der Waals surface area contributed by atoms with Crippen LogP contribution in [0.1, 0.15) is 36.2 Å². The van der Waals surface area contributed by atoms with Crippen LogP contribution in [-0.4, -0.2) is 70.5 Å². The van der Waals surface area contributed by atoms with Gasteiger partial charge in [-0.2, -0.15) is 10.1 Å². The molecule has 0 unspecified atom stereocenters. The first-order valence-corrected chi connectivity index (χ1v) is 12.4. The number of hydrogen-bond donors (Lipinski definition) is 2. The number of para-hydroxylation sites is 1. The van der Waals surface area contributed by atoms with Gasteiger partial charge >= 0.3 is 0 Å². The molecule has 192 valence electrons. The molecule has 1 aliphatic rings. The van der Waals surface area contributed by atoms with Crippen LogP contribution in [0.5, 0.6) is 5.88 Å². The van der Waals surface area contributed by atoms with Crippen LogP contribution in [0.25, 0.3) is 0 Å². The number of hydrogen-bond acceptors (Lipinski definition) is 8. The van der Waals surface area contributed by atoms with Crippen molar-refractivity contribution in [3.05, 3.63) is 52.4 Å². The van der Waals surface area contributed by atoms with Crippen molar-refractivity contribution < 1.29 is 14.3 Å². The standard InChI is InChI=1S/C24H29Cl2N7O3/c1-15(35-3)14-36-23-18(22(34)30-21-19(25)5-4-6-20(21)26)12-27-24(31-23)29-16-11-28-33(13-16)17-7-9-32(2)10-8-17/h4-6,11-13,15,17H,7-10,14H2,1-3H3,(H,30,34)(H,27,29,31)/t15-/m1/s1. The Morgan fingerprint density at radius 3 is 2.64 bits per heavy atom. The van der Waals surface area contributed by atoms with Crippen molar-refractivity contribution in [2.24, 2.45) is 0 Å². The van der Waals surface area contributed by atoms with Gasteiger partial charge in [-0.05, 0) is 52.0 Å². The van der Waals surface area contributed by atoms with Crippen LogP contribution >= 0.6 is 23.2 Å². The minimum atomic E-state index is -0.508. The summed E-state index contributed by atoms with van der Waals surface area (Å²) in [5.74, 6) is -0.142. The number of amides is 1. The number of piperidine rings is 1. The lowest BCUT2D eigenvalue weighted by molar-refractivity contribution is 0.0691. The van der Waals surface area contributed by atoms with Crippen molar-refractivity contribution >= 4 is 46.4 Å². The van der Waals surface area contributed by atoms with Crippen molar-refractivity contribution in [2.45, 2.75) is 31.9 Å². The zero-order valence-corrected chi connectivity index (χ0v) is 21.9. The number of likely N-dealkylation sites (tertiary alicyclic amines) is 1. The van der Waals surface area contributed by atoms with E-state index in [-0.39, 0.29) is 30.1 Å². The second-order valence-corrected chi connectivity index (χ2v) is 9.50. The number of nitrogens with one attached hydrogen (secondary N) is 2. The minimum absolute atomic E-state index is 0.0970. The van der Waals surface area contributed by atoms with Crippen LogP contribution in [0.3, 0.4) is 0 Å². The molecule has 4 rings (SSSR count). The van der Waals surface area contributed by atoms with Gasteiger partial charge in [0.05, 0.1) is 39.8 Å². The Hall–Kier alpha value is -2.92. The summed E-state index contributed by atoms with van der Waals surface area (Å²) in [6.07, 6.45) is 6.94. The minimum Gasteiger partial charge on any atom is -0.474 e. The maximum Gasteiger partial charge on any atom is 0.262 e. The fourth-order valence-electron chi connectivity index (χ4n) is 3.75. The Bertz CT molecular complexity index is 1180. The van der Waals surface area contributed by atoms with E-state index in [1.807, 2.05) is 17.8 Å². The molecule has 36 heavy (non-hydrogen) atoms. The number of carbonyl (C=O) groups is 1. The zero-order chi connectivity index (χ0) is 25.7. The summed E-state index contributed by atoms with van der Waals surface area (Å²) in [5.41, 5.74) is 1.16. The van der Waals surface area contributed by atoms with Gasteiger partial charge in [0, 0.05) is 19.5 Å². The van der Waals surface area contributed by atoms with Crippen LogP contribution in [0.15, 0.2) is 36.8 Å². The molecule has 1 aromatic carbocycles. The first-order chi connectivity index (χ1) is 17.3. The zero-order valence-electron chi connectivity index (χ0n) is 20.4. The predicted octanol–water partition coefficient (Wildman–Crippen LogP) is 4.66. The van der Waals surface area contributed by atoms with Gasteiger partial charge in [-0.3, -0.25) is 9.48 Å². The quantitative estimate of drug-likeness (QED) is 0.409. The van der Waals surface area contributed by atoms with Gasteiger partial charge in [0.15, 0.2) is 0 Å². The SMILES string of the molecule is CO[C@H](C)COc1nc(Nc2cnn(C3CCN(C)CC3)c2)ncc1C(=O)Nc1c(Cl)cccc1Cl. The van der Waals surface area contributed by atoms with Gasteiger partial charge in [0.25, 0.3) is 5.91 Å². The van der Waals surface area contributed by atoms with Gasteiger partial charge in [-0.25, -0.2) is 4.98 Å². The molecule has 10 nitrogen and oxygen atoms in total. The summed E-state index contributed by atoms with van der Waals surface area (Å²) in [6, 6.07) is 5.32. The maximum atomic E-state index is 13.1. The van der Waals surface area contributed by atoms with Crippen molar-refractivity contribution in [1.29, 1.82) is 0 Å². The maximum absolute atomic E-state index is 13.1. The molecule has 1 amide bonds. The number of ether oxygens (including phenoxy) is 2. The molecule has 0 bridgehead atoms. The molecule has 3 aromatic rings. The van der Waals surface area contributed by atoms with E-state index in [0.717, 1.165) is 31.6 Å². The average molecular weight is 534 g/mol. The third-order valence-electron chi connectivity index (χ3n) is 5.98. The number of methoxy groups -OCH3 is 1. The number of anilines is 3. The molecule has 12 heteroatoms. The van der Waals surface area contributed by atoms with E-state index >= 15 is 0 Å². The van der Waals surface area contributed by atoms with Crippen molar-refractivity contribution in [3.63, 3.8) is 0 Å². The highest BCUT2D eigenvalue weighted by Crippen LogP contribution is 2.31. The van der Waals surface area contributed by atoms with Crippen molar-refractivity contribution in [2.75, 3.05) is 44.5 Å². The molecule has 1 fully saturated rings. The van der Waals surface area contributed by atoms with E-state index in [1.165, 1.54) is 6.20 Å². The second kappa shape index (κ2) is 11.9. The summed E-state index contributed by atoms with van der Waals surface area (Å²) in [7, 11) is 3.71. The fraction of sp³-hybridized carbons (Fsp3) is 0.417. The molecular formula is C24H29Cl2N7O3. The Morgan fingerprint density at radius 1 is 1.22 bits per heavy atom. The van der Waals surface area contributed by atoms with Crippen molar-refractivity contribution in [3.8, 4) is 5.88 Å². The Balaban J connectivity index is 1.53. The molecule has 1 aliphatic heterocycles. The molecule has 1 saturated heterocycles. The Kier molecular flexibility index (Phi) is 8.63. The van der Waals surface area contributed by atoms with Crippen LogP contribution in [-0.2, 0) is 4.74 Å². The number of benzene rings is 1. The first-order valence-electron chi connectivity index (χ1n) is 11.6. The Morgan fingerprint density at radius 2 is 1.94 bits per heavy atom. The largest absolute Gasteiger partial charge is 0.474 e. The monoisotopic (exact) mass is 533 g/mol. The van der Waals surface area contributed by atoms with Gasteiger partial charge in [-0.15, -0.1) is 0 Å². The fourth-order valence-corrected chi connectivity index (χ4v) is 4.24. The number of halogens is 2. The number of aromatic nitrogens is 4. The average Bonchev–Trinajstić information content (AvgIpc) is 3.33. The van der Waals surface area contributed by atoms with Gasteiger partial charge in [0.2, 0.25) is 11.8 Å². The molecule has 0 radical (unpaired) electrons. The topological polar surface area (TPSA) is 106 Å². The van der Waals surface area contributed by atoms with E-state index in [2.05, 4.69) is 37.6 Å². The number of rotatable bonds is 9. The second-order valence-electron chi connectivity index (χ2n) is 8.69. The lowest BCUT2D eigenvalue weighted by atomic mass is 10.1. The highest BCUT2D eigenvalue weighted by molar-refractivity contribution is 6.40. The predicted molar refractivity (Wildman–Crippen MR) is 140 cm³/mol. The normalized spacial score (nSPS) is 15.5. The number of carbonyl (C=O) groups excluding carboxylic acids is 1. The van der Waals surface area contributed by atoms with Gasteiger partial charge in [0.1, 0.15) is 12.2 Å². The molecule has 0 spiro atoms. The summed E-state index contributed by atoms with van der Waals surface area (Å²) in [6.45, 7) is 4.12. The molecule has 2 aromatic heterocycles. The van der Waals surface area contributed by atoms with E-state index in [1.54, 1.807) is 31.5 Å². The molecular weight excluding hydrogens is 505 g/mol. The molecule has 1 atom stereocenters. The van der Waals surface area contributed by atoms with Gasteiger partial charge < -0.3 is 25.0 Å². The lowest BCUT2D eigenvalue weighted by Gasteiger charge is -2.28. The van der Waals surface area contributed by atoms with Crippen LogP contribution in [0.4, 0.5) is 17.3 Å². The third-order valence-corrected chi connectivity index (χ3v) is 6.61. The van der Waals surface area contributed by atoms with E-state index in [0.29, 0.717) is 21.8 Å². The summed E-state index contributed by atoms with van der Waals surface area (Å²) >= 11 is 12.4. The van der Waals surface area contributed by atoms with E-state index in [4.69, 9.17) is 32.7 Å². The molecule has 2 N–H and O–H groups in total. The van der Waals surface area contributed by atoms with Crippen molar-refractivity contribution in [1.82, 2.24) is 24.6 Å². The highest BCUT2D eigenvalue weighted by Gasteiger charge is 2.21. The third kappa shape index (κ3) is 6.44. The smallest absolute Gasteiger partial charge is 0.262 e. The van der Waals surface area contributed by atoms with Crippen LogP contribution < -0.4 is 15.4 Å². The molecule has 0 saturated carbocycles. The van der Waals surface area contributed by atoms with Gasteiger partial charge in [-0.1, -0.05) is 29.3 Å². The number of nitrogens with zero attached hydrogens (tertiary/aromatic N) is 5. The summed E-state index contributed by atoms with van der Waals surface area (Å²) < 4.78 is 13.1. The van der Waals surface area contributed by atoms with E-state index in [9.17, 15) is 4.79 Å². The van der Waals surface area contributed by atoms with E-state index < -0.39 is 5.91 Å². The molecule has 0 aliphatic carbocycles. The summed E-state index contributed by atoms with van der Waals surface area (Å²) in [5, 5.41) is 11.0. The first kappa shape index (κ1) is 26.2. The van der Waals surface area contributed by atoms with Crippen LogP contribution in [0, 0.1) is 0 Å². The summed E-state index contributed by atoms with van der Waals surface area (Å²) in [4.78, 5) is 24.1. The Labute approximate surface area is 219 Å². The van der Waals surface area contributed by atoms with Crippen LogP contribution in [0.2, 0.25) is 10.0 Å².